The molecule has 0 aliphatic carbocycles. The minimum absolute atomic E-state index is 0.329. The highest BCUT2D eigenvalue weighted by Gasteiger charge is 2.24. The van der Waals surface area contributed by atoms with Gasteiger partial charge in [-0.1, -0.05) is 13.3 Å². The molecular formula is C16H21N3O2. The molecule has 0 amide bonds. The predicted octanol–water partition coefficient (Wildman–Crippen LogP) is 2.78. The quantitative estimate of drug-likeness (QED) is 0.891. The van der Waals surface area contributed by atoms with E-state index >= 15 is 0 Å². The number of imidazole rings is 1. The molecule has 1 fully saturated rings. The maximum atomic E-state index is 5.63. The van der Waals surface area contributed by atoms with E-state index in [9.17, 15) is 0 Å². The van der Waals surface area contributed by atoms with Gasteiger partial charge in [0.1, 0.15) is 19.0 Å². The molecule has 0 saturated carbocycles. The number of piperidine rings is 1. The lowest BCUT2D eigenvalue weighted by Crippen LogP contribution is -2.32. The number of nitrogens with zero attached hydrogens (tertiary/aromatic N) is 1. The number of hydrogen-bond donors (Lipinski definition) is 2. The van der Waals surface area contributed by atoms with Gasteiger partial charge in [-0.3, -0.25) is 0 Å². The molecule has 5 heteroatoms. The molecule has 3 heterocycles. The SMILES string of the molecule is CCC1CCNC(c2nc3cc4c(cc3[nH]2)OCCO4)C1. The number of aromatic nitrogens is 2. The Morgan fingerprint density at radius 3 is 2.86 bits per heavy atom. The molecule has 2 aliphatic heterocycles. The lowest BCUT2D eigenvalue weighted by atomic mass is 9.90. The average Bonchev–Trinajstić information content (AvgIpc) is 2.95. The molecule has 1 aromatic heterocycles. The topological polar surface area (TPSA) is 59.2 Å². The van der Waals surface area contributed by atoms with Crippen LogP contribution in [0.4, 0.5) is 0 Å². The maximum absolute atomic E-state index is 5.63. The molecule has 1 aromatic carbocycles. The van der Waals surface area contributed by atoms with Crippen LogP contribution in [0.3, 0.4) is 0 Å². The fourth-order valence-corrected chi connectivity index (χ4v) is 3.31. The van der Waals surface area contributed by atoms with Gasteiger partial charge in [0.25, 0.3) is 0 Å². The van der Waals surface area contributed by atoms with Crippen molar-refractivity contribution in [3.63, 3.8) is 0 Å². The van der Waals surface area contributed by atoms with Crippen molar-refractivity contribution < 1.29 is 9.47 Å². The monoisotopic (exact) mass is 287 g/mol. The zero-order valence-electron chi connectivity index (χ0n) is 12.3. The van der Waals surface area contributed by atoms with E-state index in [-0.39, 0.29) is 0 Å². The summed E-state index contributed by atoms with van der Waals surface area (Å²) < 4.78 is 11.3. The average molecular weight is 287 g/mol. The van der Waals surface area contributed by atoms with Gasteiger partial charge in [0.05, 0.1) is 17.1 Å². The zero-order chi connectivity index (χ0) is 14.2. The molecule has 21 heavy (non-hydrogen) atoms. The molecule has 2 atom stereocenters. The molecule has 2 aromatic rings. The highest BCUT2D eigenvalue weighted by molar-refractivity contribution is 5.80. The molecule has 4 rings (SSSR count). The van der Waals surface area contributed by atoms with Gasteiger partial charge in [0.2, 0.25) is 0 Å². The molecule has 2 unspecified atom stereocenters. The second-order valence-corrected chi connectivity index (χ2v) is 5.94. The highest BCUT2D eigenvalue weighted by Crippen LogP contribution is 2.35. The van der Waals surface area contributed by atoms with Gasteiger partial charge in [-0.15, -0.1) is 0 Å². The summed E-state index contributed by atoms with van der Waals surface area (Å²) in [5.41, 5.74) is 1.98. The van der Waals surface area contributed by atoms with E-state index in [0.29, 0.717) is 19.3 Å². The number of ether oxygens (including phenoxy) is 2. The normalized spacial score (nSPS) is 25.2. The second kappa shape index (κ2) is 5.22. The van der Waals surface area contributed by atoms with E-state index in [0.717, 1.165) is 47.2 Å². The molecule has 0 bridgehead atoms. The van der Waals surface area contributed by atoms with Gasteiger partial charge in [-0.05, 0) is 25.3 Å². The van der Waals surface area contributed by atoms with E-state index in [2.05, 4.69) is 17.2 Å². The van der Waals surface area contributed by atoms with Crippen LogP contribution in [0.25, 0.3) is 11.0 Å². The van der Waals surface area contributed by atoms with Crippen LogP contribution in [0.1, 0.15) is 38.1 Å². The van der Waals surface area contributed by atoms with E-state index < -0.39 is 0 Å². The number of hydrogen-bond acceptors (Lipinski definition) is 4. The van der Waals surface area contributed by atoms with Gasteiger partial charge >= 0.3 is 0 Å². The first-order valence-electron chi connectivity index (χ1n) is 7.86. The van der Waals surface area contributed by atoms with Crippen molar-refractivity contribution in [3.8, 4) is 11.5 Å². The van der Waals surface area contributed by atoms with E-state index in [1.54, 1.807) is 0 Å². The van der Waals surface area contributed by atoms with Crippen LogP contribution in [-0.4, -0.2) is 29.7 Å². The smallest absolute Gasteiger partial charge is 0.163 e. The van der Waals surface area contributed by atoms with Crippen LogP contribution in [-0.2, 0) is 0 Å². The Hall–Kier alpha value is -1.75. The van der Waals surface area contributed by atoms with E-state index in [1.165, 1.54) is 12.8 Å². The standard InChI is InChI=1S/C16H21N3O2/c1-2-10-3-4-17-13(7-10)16-18-11-8-14-15(9-12(11)19-16)21-6-5-20-14/h8-10,13,17H,2-7H2,1H3,(H,18,19). The fourth-order valence-electron chi connectivity index (χ4n) is 3.31. The summed E-state index contributed by atoms with van der Waals surface area (Å²) in [6.45, 7) is 4.57. The summed E-state index contributed by atoms with van der Waals surface area (Å²) in [5, 5.41) is 3.57. The third-order valence-electron chi connectivity index (χ3n) is 4.58. The van der Waals surface area contributed by atoms with Crippen molar-refractivity contribution in [2.75, 3.05) is 19.8 Å². The largest absolute Gasteiger partial charge is 0.486 e. The van der Waals surface area contributed by atoms with Gasteiger partial charge in [-0.25, -0.2) is 4.98 Å². The van der Waals surface area contributed by atoms with Crippen molar-refractivity contribution in [3.05, 3.63) is 18.0 Å². The molecule has 112 valence electrons. The van der Waals surface area contributed by atoms with Crippen molar-refractivity contribution in [1.29, 1.82) is 0 Å². The molecule has 2 N–H and O–H groups in total. The maximum Gasteiger partial charge on any atom is 0.163 e. The number of rotatable bonds is 2. The van der Waals surface area contributed by atoms with Gasteiger partial charge < -0.3 is 19.8 Å². The summed E-state index contributed by atoms with van der Waals surface area (Å²) in [6.07, 6.45) is 3.67. The third-order valence-corrected chi connectivity index (χ3v) is 4.58. The van der Waals surface area contributed by atoms with Crippen molar-refractivity contribution in [2.24, 2.45) is 5.92 Å². The lowest BCUT2D eigenvalue weighted by molar-refractivity contribution is 0.172. The number of nitrogens with one attached hydrogen (secondary N) is 2. The lowest BCUT2D eigenvalue weighted by Gasteiger charge is -2.28. The first-order chi connectivity index (χ1) is 10.3. The Kier molecular flexibility index (Phi) is 3.22. The van der Waals surface area contributed by atoms with Crippen molar-refractivity contribution in [1.82, 2.24) is 15.3 Å². The predicted molar refractivity (Wildman–Crippen MR) is 80.8 cm³/mol. The number of aromatic amines is 1. The molecule has 0 spiro atoms. The van der Waals surface area contributed by atoms with Gasteiger partial charge in [-0.2, -0.15) is 0 Å². The van der Waals surface area contributed by atoms with Crippen LogP contribution >= 0.6 is 0 Å². The Balaban J connectivity index is 1.67. The van der Waals surface area contributed by atoms with Gasteiger partial charge in [0, 0.05) is 12.1 Å². The zero-order valence-corrected chi connectivity index (χ0v) is 12.3. The van der Waals surface area contributed by atoms with Crippen LogP contribution in [0.15, 0.2) is 12.1 Å². The van der Waals surface area contributed by atoms with Gasteiger partial charge in [0.15, 0.2) is 11.5 Å². The molecule has 1 saturated heterocycles. The Bertz CT molecular complexity index is 609. The fraction of sp³-hybridized carbons (Fsp3) is 0.562. The van der Waals surface area contributed by atoms with E-state index in [1.807, 2.05) is 12.1 Å². The molecule has 5 nitrogen and oxygen atoms in total. The van der Waals surface area contributed by atoms with Crippen LogP contribution in [0.5, 0.6) is 11.5 Å². The first kappa shape index (κ1) is 13.0. The summed E-state index contributed by atoms with van der Waals surface area (Å²) in [7, 11) is 0. The molecule has 0 radical (unpaired) electrons. The van der Waals surface area contributed by atoms with E-state index in [4.69, 9.17) is 14.5 Å². The third kappa shape index (κ3) is 2.35. The highest BCUT2D eigenvalue weighted by atomic mass is 16.6. The molecular weight excluding hydrogens is 266 g/mol. The summed E-state index contributed by atoms with van der Waals surface area (Å²) >= 11 is 0. The minimum Gasteiger partial charge on any atom is -0.486 e. The van der Waals surface area contributed by atoms with Crippen molar-refractivity contribution in [2.45, 2.75) is 32.2 Å². The van der Waals surface area contributed by atoms with Crippen LogP contribution < -0.4 is 14.8 Å². The van der Waals surface area contributed by atoms with Crippen LogP contribution in [0.2, 0.25) is 0 Å². The summed E-state index contributed by atoms with van der Waals surface area (Å²) in [4.78, 5) is 8.21. The minimum atomic E-state index is 0.329. The molecule has 2 aliphatic rings. The number of H-pyrrole nitrogens is 1. The first-order valence-corrected chi connectivity index (χ1v) is 7.86. The second-order valence-electron chi connectivity index (χ2n) is 5.94. The Labute approximate surface area is 124 Å². The Morgan fingerprint density at radius 1 is 1.24 bits per heavy atom. The Morgan fingerprint density at radius 2 is 2.05 bits per heavy atom. The summed E-state index contributed by atoms with van der Waals surface area (Å²) in [6, 6.07) is 4.31. The number of benzene rings is 1. The van der Waals surface area contributed by atoms with Crippen molar-refractivity contribution >= 4 is 11.0 Å². The number of fused-ring (bicyclic) bond motifs is 2. The van der Waals surface area contributed by atoms with Crippen LogP contribution in [0, 0.1) is 5.92 Å². The summed E-state index contributed by atoms with van der Waals surface area (Å²) in [5.74, 6) is 3.44.